The molecule has 3 heteroatoms. The van der Waals surface area contributed by atoms with E-state index in [1.807, 2.05) is 13.0 Å². The minimum absolute atomic E-state index is 0.470. The molecule has 10 heavy (non-hydrogen) atoms. The van der Waals surface area contributed by atoms with Crippen LogP contribution in [0.2, 0.25) is 0 Å². The summed E-state index contributed by atoms with van der Waals surface area (Å²) in [6.07, 6.45) is 0. The van der Waals surface area contributed by atoms with Crippen LogP contribution < -0.4 is 0 Å². The highest BCUT2D eigenvalue weighted by Crippen LogP contribution is 2.13. The fourth-order valence-corrected chi connectivity index (χ4v) is 0.893. The number of nitrogens with zero attached hydrogens (tertiary/aromatic N) is 2. The topological polar surface area (TPSA) is 17.2 Å². The maximum absolute atomic E-state index is 6.67. The largest absolute Gasteiger partial charge is 0.361 e. The molecule has 0 bridgehead atoms. The Hall–Kier alpha value is -0.630. The fourth-order valence-electron chi connectivity index (χ4n) is 0.593. The summed E-state index contributed by atoms with van der Waals surface area (Å²) in [6.45, 7) is 8.57. The minimum Gasteiger partial charge on any atom is -0.361 e. The number of aromatic nitrogens is 1. The summed E-state index contributed by atoms with van der Waals surface area (Å²) in [5.74, 6) is 0.470. The van der Waals surface area contributed by atoms with Crippen LogP contribution in [0.5, 0.6) is 0 Å². The fraction of sp³-hybridized carbons (Fsp3) is 0.143. The highest BCUT2D eigenvalue weighted by Gasteiger charge is 1.99. The van der Waals surface area contributed by atoms with Crippen LogP contribution in [0.3, 0.4) is 0 Å². The van der Waals surface area contributed by atoms with Crippen molar-refractivity contribution in [2.45, 2.75) is 6.92 Å². The zero-order valence-corrected chi connectivity index (χ0v) is 7.58. The molecule has 50 valence electrons. The van der Waals surface area contributed by atoms with Gasteiger partial charge in [0.2, 0.25) is 0 Å². The predicted octanol–water partition coefficient (Wildman–Crippen LogP) is 2.55. The lowest BCUT2D eigenvalue weighted by Gasteiger charge is -1.91. The summed E-state index contributed by atoms with van der Waals surface area (Å²) in [5, 5.41) is 0. The average molecular weight is 244 g/mol. The van der Waals surface area contributed by atoms with Gasteiger partial charge in [-0.2, -0.15) is 0 Å². The summed E-state index contributed by atoms with van der Waals surface area (Å²) >= 11 is 2.19. The Balaban J connectivity index is 3.20. The third-order valence-electron chi connectivity index (χ3n) is 1.12. The van der Waals surface area contributed by atoms with Gasteiger partial charge in [0, 0.05) is 6.92 Å². The van der Waals surface area contributed by atoms with Crippen LogP contribution in [0.4, 0.5) is 5.82 Å². The summed E-state index contributed by atoms with van der Waals surface area (Å²) in [4.78, 5) is 7.24. The molecule has 1 aromatic heterocycles. The molecule has 1 aromatic rings. The molecule has 0 N–H and O–H groups in total. The van der Waals surface area contributed by atoms with E-state index in [9.17, 15) is 0 Å². The molecule has 2 nitrogen and oxygen atoms in total. The van der Waals surface area contributed by atoms with Gasteiger partial charge in [0.25, 0.3) is 5.82 Å². The summed E-state index contributed by atoms with van der Waals surface area (Å²) in [5.41, 5.74) is 0.925. The van der Waals surface area contributed by atoms with Gasteiger partial charge in [0.1, 0.15) is 5.69 Å². The van der Waals surface area contributed by atoms with E-state index < -0.39 is 0 Å². The van der Waals surface area contributed by atoms with Crippen LogP contribution in [0.1, 0.15) is 5.69 Å². The van der Waals surface area contributed by atoms with Crippen LogP contribution in [0, 0.1) is 17.1 Å². The molecule has 0 atom stereocenters. The van der Waals surface area contributed by atoms with Crippen LogP contribution in [-0.2, 0) is 0 Å². The highest BCUT2D eigenvalue weighted by molar-refractivity contribution is 14.1. The van der Waals surface area contributed by atoms with Crippen molar-refractivity contribution >= 4 is 28.4 Å². The average Bonchev–Trinajstić information content (AvgIpc) is 1.95. The third kappa shape index (κ3) is 1.45. The molecule has 0 aromatic carbocycles. The lowest BCUT2D eigenvalue weighted by atomic mass is 10.4. The van der Waals surface area contributed by atoms with Crippen LogP contribution in [0.25, 0.3) is 4.85 Å². The summed E-state index contributed by atoms with van der Waals surface area (Å²) in [7, 11) is 0. The Labute approximate surface area is 73.2 Å². The summed E-state index contributed by atoms with van der Waals surface area (Å²) < 4.78 is 1.10. The van der Waals surface area contributed by atoms with Gasteiger partial charge in [0.15, 0.2) is 0 Å². The Morgan fingerprint density at radius 1 is 1.60 bits per heavy atom. The van der Waals surface area contributed by atoms with Crippen molar-refractivity contribution in [3.05, 3.63) is 32.8 Å². The number of rotatable bonds is 0. The van der Waals surface area contributed by atoms with Crippen molar-refractivity contribution in [1.82, 2.24) is 4.98 Å². The van der Waals surface area contributed by atoms with Gasteiger partial charge in [-0.25, -0.2) is 0 Å². The van der Waals surface area contributed by atoms with E-state index in [4.69, 9.17) is 6.57 Å². The van der Waals surface area contributed by atoms with Gasteiger partial charge in [-0.05, 0) is 28.7 Å². The second kappa shape index (κ2) is 2.97. The number of halogens is 1. The Morgan fingerprint density at radius 2 is 2.30 bits per heavy atom. The van der Waals surface area contributed by atoms with Crippen molar-refractivity contribution in [3.8, 4) is 0 Å². The van der Waals surface area contributed by atoms with Gasteiger partial charge >= 0.3 is 0 Å². The first-order valence-corrected chi connectivity index (χ1v) is 3.82. The maximum Gasteiger partial charge on any atom is 0.269 e. The van der Waals surface area contributed by atoms with Gasteiger partial charge in [0.05, 0.1) is 3.57 Å². The molecule has 1 rings (SSSR count). The first kappa shape index (κ1) is 7.48. The standard InChI is InChI=1S/C7H5IN2/c1-5-6(8)3-4-7(9-2)10-5/h3-4H,1H3. The number of pyridine rings is 1. The second-order valence-corrected chi connectivity index (χ2v) is 3.01. The maximum atomic E-state index is 6.67. The predicted molar refractivity (Wildman–Crippen MR) is 48.0 cm³/mol. The first-order chi connectivity index (χ1) is 4.74. The Kier molecular flexibility index (Phi) is 2.22. The quantitative estimate of drug-likeness (QED) is 0.506. The van der Waals surface area contributed by atoms with Gasteiger partial charge in [-0.15, -0.1) is 4.98 Å². The van der Waals surface area contributed by atoms with Gasteiger partial charge in [-0.1, -0.05) is 12.6 Å². The number of hydrogen-bond acceptors (Lipinski definition) is 1. The van der Waals surface area contributed by atoms with Crippen molar-refractivity contribution in [2.75, 3.05) is 0 Å². The smallest absolute Gasteiger partial charge is 0.269 e. The molecule has 0 spiro atoms. The van der Waals surface area contributed by atoms with Crippen LogP contribution in [0.15, 0.2) is 12.1 Å². The van der Waals surface area contributed by atoms with E-state index in [-0.39, 0.29) is 0 Å². The van der Waals surface area contributed by atoms with E-state index in [0.29, 0.717) is 5.82 Å². The molecule has 1 heterocycles. The zero-order chi connectivity index (χ0) is 7.56. The van der Waals surface area contributed by atoms with Gasteiger partial charge < -0.3 is 4.85 Å². The SMILES string of the molecule is [C-]#[N+]c1ccc(I)c(C)n1. The lowest BCUT2D eigenvalue weighted by molar-refractivity contribution is 1.20. The van der Waals surface area contributed by atoms with E-state index in [1.54, 1.807) is 6.07 Å². The zero-order valence-electron chi connectivity index (χ0n) is 5.43. The van der Waals surface area contributed by atoms with Crippen molar-refractivity contribution in [1.29, 1.82) is 0 Å². The van der Waals surface area contributed by atoms with E-state index >= 15 is 0 Å². The second-order valence-electron chi connectivity index (χ2n) is 1.85. The molecule has 0 aliphatic carbocycles. The van der Waals surface area contributed by atoms with E-state index in [1.165, 1.54) is 0 Å². The highest BCUT2D eigenvalue weighted by atomic mass is 127. The van der Waals surface area contributed by atoms with E-state index in [0.717, 1.165) is 9.26 Å². The first-order valence-electron chi connectivity index (χ1n) is 2.74. The van der Waals surface area contributed by atoms with E-state index in [2.05, 4.69) is 32.4 Å². The lowest BCUT2D eigenvalue weighted by Crippen LogP contribution is -1.83. The number of aryl methyl sites for hydroxylation is 1. The molecule has 0 fully saturated rings. The molecule has 0 aliphatic rings. The van der Waals surface area contributed by atoms with Crippen LogP contribution in [-0.4, -0.2) is 4.98 Å². The molecular weight excluding hydrogens is 239 g/mol. The van der Waals surface area contributed by atoms with Crippen molar-refractivity contribution in [2.24, 2.45) is 0 Å². The van der Waals surface area contributed by atoms with Gasteiger partial charge in [-0.3, -0.25) is 0 Å². The molecule has 0 aliphatic heterocycles. The summed E-state index contributed by atoms with van der Waals surface area (Å²) in [6, 6.07) is 3.62. The molecule has 0 amide bonds. The third-order valence-corrected chi connectivity index (χ3v) is 2.26. The molecule has 0 unspecified atom stereocenters. The minimum atomic E-state index is 0.470. The molecule has 0 radical (unpaired) electrons. The Bertz CT molecular complexity index is 288. The monoisotopic (exact) mass is 244 g/mol. The molecule has 0 saturated heterocycles. The Morgan fingerprint density at radius 3 is 2.80 bits per heavy atom. The van der Waals surface area contributed by atoms with Crippen molar-refractivity contribution < 1.29 is 0 Å². The molecule has 0 saturated carbocycles. The van der Waals surface area contributed by atoms with Crippen LogP contribution >= 0.6 is 22.6 Å². The van der Waals surface area contributed by atoms with Crippen molar-refractivity contribution in [3.63, 3.8) is 0 Å². The molecular formula is C7H5IN2. The normalized spacial score (nSPS) is 8.90. The number of hydrogen-bond donors (Lipinski definition) is 0.